The minimum absolute atomic E-state index is 0.130. The maximum atomic E-state index is 14.8. The van der Waals surface area contributed by atoms with Crippen molar-refractivity contribution >= 4 is 11.9 Å². The zero-order chi connectivity index (χ0) is 33.0. The molecular formula is C41H53N3O4. The smallest absolute Gasteiger partial charge is 0.339 e. The van der Waals surface area contributed by atoms with Gasteiger partial charge in [0.1, 0.15) is 11.2 Å². The summed E-state index contributed by atoms with van der Waals surface area (Å²) >= 11 is 0. The van der Waals surface area contributed by atoms with Crippen LogP contribution in [0.15, 0.2) is 53.5 Å². The van der Waals surface area contributed by atoms with Crippen molar-refractivity contribution in [2.24, 2.45) is 46.2 Å². The van der Waals surface area contributed by atoms with Crippen molar-refractivity contribution in [3.05, 3.63) is 70.1 Å². The number of nitrogens with two attached hydrogens (primary N) is 1. The van der Waals surface area contributed by atoms with Crippen LogP contribution in [0.25, 0.3) is 0 Å². The van der Waals surface area contributed by atoms with Crippen LogP contribution in [0.4, 0.5) is 0 Å². The van der Waals surface area contributed by atoms with E-state index >= 15 is 0 Å². The molecule has 1 aromatic carbocycles. The molecule has 11 aliphatic rings. The number of fused-ring (bicyclic) bond motifs is 2. The fraction of sp³-hybridized carbons (Fsp3) is 0.659. The molecule has 0 amide bonds. The maximum absolute atomic E-state index is 14.8. The highest BCUT2D eigenvalue weighted by Crippen LogP contribution is 2.84. The molecule has 4 fully saturated rings. The number of hydrogen-bond donors (Lipinski definition) is 1. The summed E-state index contributed by atoms with van der Waals surface area (Å²) in [5.41, 5.74) is 9.04. The molecular weight excluding hydrogens is 598 g/mol. The number of carbonyl (C=O) groups excluding carboxylic acids is 2. The Morgan fingerprint density at radius 2 is 1.83 bits per heavy atom. The number of ether oxygens (including phenoxy) is 2. The van der Waals surface area contributed by atoms with Crippen LogP contribution < -0.4 is 5.73 Å². The lowest BCUT2D eigenvalue weighted by Crippen LogP contribution is -2.75. The average molecular weight is 652 g/mol. The van der Waals surface area contributed by atoms with Crippen molar-refractivity contribution in [2.75, 3.05) is 32.7 Å². The molecule has 48 heavy (non-hydrogen) atoms. The number of hydrogen-bond acceptors (Lipinski definition) is 7. The second-order valence-corrected chi connectivity index (χ2v) is 16.8. The summed E-state index contributed by atoms with van der Waals surface area (Å²) in [6.07, 6.45) is 16.5. The van der Waals surface area contributed by atoms with E-state index in [4.69, 9.17) is 15.2 Å². The van der Waals surface area contributed by atoms with Crippen LogP contribution >= 0.6 is 0 Å². The predicted molar refractivity (Wildman–Crippen MR) is 184 cm³/mol. The molecule has 7 heteroatoms. The number of esters is 2. The molecule has 8 bridgehead atoms. The van der Waals surface area contributed by atoms with Gasteiger partial charge in [0.2, 0.25) is 0 Å². The second kappa shape index (κ2) is 11.1. The second-order valence-electron chi connectivity index (χ2n) is 16.8. The Labute approximate surface area is 285 Å². The van der Waals surface area contributed by atoms with Gasteiger partial charge in [-0.2, -0.15) is 0 Å². The Balaban J connectivity index is 1.27. The Morgan fingerprint density at radius 3 is 2.60 bits per heavy atom. The topological polar surface area (TPSA) is 85.1 Å². The molecule has 0 aromatic heterocycles. The van der Waals surface area contributed by atoms with Crippen LogP contribution in [0.3, 0.4) is 0 Å². The van der Waals surface area contributed by atoms with Crippen molar-refractivity contribution in [1.82, 2.24) is 9.80 Å². The van der Waals surface area contributed by atoms with E-state index in [1.54, 1.807) is 0 Å². The zero-order valence-corrected chi connectivity index (χ0v) is 29.1. The van der Waals surface area contributed by atoms with Crippen LogP contribution in [0.1, 0.15) is 100 Å². The third-order valence-corrected chi connectivity index (χ3v) is 14.2. The van der Waals surface area contributed by atoms with Gasteiger partial charge in [0.15, 0.2) is 5.60 Å². The normalized spacial score (nSPS) is 43.2. The molecule has 1 aromatic rings. The van der Waals surface area contributed by atoms with Gasteiger partial charge >= 0.3 is 11.9 Å². The number of carbonyl (C=O) groups is 2. The largest absolute Gasteiger partial charge is 0.449 e. The number of rotatable bonds is 5. The van der Waals surface area contributed by atoms with Crippen LogP contribution in [-0.2, 0) is 26.3 Å². The lowest BCUT2D eigenvalue weighted by atomic mass is 9.31. The van der Waals surface area contributed by atoms with E-state index in [0.29, 0.717) is 41.8 Å². The molecule has 3 aliphatic carbocycles. The molecule has 0 radical (unpaired) electrons. The molecule has 2 N–H and O–H groups in total. The highest BCUT2D eigenvalue weighted by Gasteiger charge is 2.91. The van der Waals surface area contributed by atoms with E-state index in [0.717, 1.165) is 101 Å². The summed E-state index contributed by atoms with van der Waals surface area (Å²) < 4.78 is 13.5. The fourth-order valence-corrected chi connectivity index (χ4v) is 12.4. The summed E-state index contributed by atoms with van der Waals surface area (Å²) in [6, 6.07) is 6.61. The fourth-order valence-electron chi connectivity index (χ4n) is 12.4. The number of nitrogens with zero attached hydrogens (tertiary/aromatic N) is 2. The maximum Gasteiger partial charge on any atom is 0.339 e. The Morgan fingerprint density at radius 1 is 1.02 bits per heavy atom. The van der Waals surface area contributed by atoms with Crippen molar-refractivity contribution in [2.45, 2.75) is 96.6 Å². The third kappa shape index (κ3) is 3.89. The molecule has 7 nitrogen and oxygen atoms in total. The van der Waals surface area contributed by atoms with E-state index in [9.17, 15) is 9.59 Å². The highest BCUT2D eigenvalue weighted by atomic mass is 16.6. The van der Waals surface area contributed by atoms with Gasteiger partial charge in [0, 0.05) is 55.3 Å². The van der Waals surface area contributed by atoms with E-state index in [2.05, 4.69) is 67.0 Å². The third-order valence-electron chi connectivity index (χ3n) is 14.2. The van der Waals surface area contributed by atoms with Crippen molar-refractivity contribution in [3.8, 4) is 0 Å². The molecule has 3 saturated heterocycles. The Hall–Kier alpha value is -2.90. The molecule has 8 heterocycles. The first-order valence-electron chi connectivity index (χ1n) is 19.2. The first-order chi connectivity index (χ1) is 23.3. The van der Waals surface area contributed by atoms with Crippen molar-refractivity contribution in [1.29, 1.82) is 0 Å². The molecule has 2 spiro atoms. The van der Waals surface area contributed by atoms with Gasteiger partial charge in [0.05, 0.1) is 11.0 Å². The Bertz CT molecular complexity index is 1630. The van der Waals surface area contributed by atoms with Gasteiger partial charge in [-0.25, -0.2) is 4.79 Å². The quantitative estimate of drug-likeness (QED) is 0.288. The number of piperidine rings is 2. The standard InChI is InChI=1S/C41H53N3O4/c1-4-7-34-39-20-30-15-16-40(39,41(34)32-10-5-8-29(9-6-17-42)36(32)37(45)48-41)35(47-38(39)46)14-12-26(3)43-21-27-19-28(22-43)24-44(23-27)33-13-11-25(2)18-31(30)33/h5,8,10,13-14,20,25-28,31,34H,4,6-7,9,11-12,15-19,21-24,42H2,1-3H3/b35-14+/t25-,26+,27-,28+,31-,34-,39-,40+,41+/m0/s1. The Kier molecular flexibility index (Phi) is 7.16. The van der Waals surface area contributed by atoms with Crippen molar-refractivity contribution in [3.63, 3.8) is 0 Å². The summed E-state index contributed by atoms with van der Waals surface area (Å²) in [4.78, 5) is 34.4. The molecule has 1 unspecified atom stereocenters. The number of benzene rings is 1. The monoisotopic (exact) mass is 651 g/mol. The zero-order valence-electron chi connectivity index (χ0n) is 29.1. The summed E-state index contributed by atoms with van der Waals surface area (Å²) in [5.74, 6) is 2.50. The SMILES string of the molecule is CCC[C@@H]1[C@@]2(OC(=O)c3c(CCCN)cccc32)[C@@]23CCC4=C[C@@]12C(=O)O/C3=C/C[C@@H](C)N1C[C@@H]2C[C@@H](CN(C2)C2=CC[C@H](C)C[C@@H]42)C1. The van der Waals surface area contributed by atoms with Gasteiger partial charge in [0.25, 0.3) is 0 Å². The van der Waals surface area contributed by atoms with Crippen LogP contribution in [0.2, 0.25) is 0 Å². The van der Waals surface area contributed by atoms with Crippen molar-refractivity contribution < 1.29 is 19.1 Å². The molecule has 1 saturated carbocycles. The van der Waals surface area contributed by atoms with Gasteiger partial charge in [-0.3, -0.25) is 9.69 Å². The van der Waals surface area contributed by atoms with Crippen LogP contribution in [0.5, 0.6) is 0 Å². The molecule has 10 atom stereocenters. The van der Waals surface area contributed by atoms with E-state index < -0.39 is 16.4 Å². The lowest BCUT2D eigenvalue weighted by molar-refractivity contribution is -0.271. The summed E-state index contributed by atoms with van der Waals surface area (Å²) in [7, 11) is 0. The first-order valence-corrected chi connectivity index (χ1v) is 19.2. The van der Waals surface area contributed by atoms with Gasteiger partial charge in [-0.15, -0.1) is 0 Å². The number of allylic oxidation sites excluding steroid dienone is 2. The highest BCUT2D eigenvalue weighted by molar-refractivity contribution is 5.99. The van der Waals surface area contributed by atoms with Gasteiger partial charge < -0.3 is 20.1 Å². The van der Waals surface area contributed by atoms with Crippen LogP contribution in [-0.4, -0.2) is 60.5 Å². The summed E-state index contributed by atoms with van der Waals surface area (Å²) in [5, 5.41) is 0. The van der Waals surface area contributed by atoms with E-state index in [1.165, 1.54) is 17.7 Å². The van der Waals surface area contributed by atoms with E-state index in [-0.39, 0.29) is 17.9 Å². The number of aryl methyl sites for hydroxylation is 1. The summed E-state index contributed by atoms with van der Waals surface area (Å²) in [6.45, 7) is 12.0. The minimum Gasteiger partial charge on any atom is -0.449 e. The van der Waals surface area contributed by atoms with Gasteiger partial charge in [-0.05, 0) is 101 Å². The minimum atomic E-state index is -0.925. The molecule has 8 aliphatic heterocycles. The molecule has 12 rings (SSSR count). The average Bonchev–Trinajstić information content (AvgIpc) is 3.52. The van der Waals surface area contributed by atoms with E-state index in [1.807, 2.05) is 0 Å². The van der Waals surface area contributed by atoms with Crippen LogP contribution in [0, 0.1) is 40.4 Å². The predicted octanol–water partition coefficient (Wildman–Crippen LogP) is 6.48. The van der Waals surface area contributed by atoms with Gasteiger partial charge in [-0.1, -0.05) is 56.2 Å². The first kappa shape index (κ1) is 31.1. The lowest BCUT2D eigenvalue weighted by Gasteiger charge is -2.69. The molecule has 256 valence electrons.